The molecule has 0 spiro atoms. The molecule has 0 N–H and O–H groups in total. The highest BCUT2D eigenvalue weighted by Gasteiger charge is 2.65. The fraction of sp³-hybridized carbons (Fsp3) is 0.333. The van der Waals surface area contributed by atoms with Gasteiger partial charge in [0.25, 0.3) is 0 Å². The molecule has 0 aromatic heterocycles. The third-order valence-electron chi connectivity index (χ3n) is 1.52. The number of hydrogen-bond donors (Lipinski definition) is 0. The van der Waals surface area contributed by atoms with Crippen LogP contribution in [0.1, 0.15) is 0 Å². The fourth-order valence-electron chi connectivity index (χ4n) is 0.744. The monoisotopic (exact) mass is 272 g/mol. The molecule has 0 nitrogen and oxygen atoms in total. The largest absolute Gasteiger partial charge is 0.353 e. The first-order chi connectivity index (χ1) is 6.14. The minimum Gasteiger partial charge on any atom is -0.204 e. The van der Waals surface area contributed by atoms with Crippen molar-refractivity contribution in [1.82, 2.24) is 0 Å². The summed E-state index contributed by atoms with van der Waals surface area (Å²) in [5, 5.41) is -5.00. The summed E-state index contributed by atoms with van der Waals surface area (Å²) >= 11 is 14.4. The van der Waals surface area contributed by atoms with Crippen LogP contribution in [0.3, 0.4) is 0 Å². The summed E-state index contributed by atoms with van der Waals surface area (Å²) in [7, 11) is 0. The summed E-state index contributed by atoms with van der Waals surface area (Å²) in [5.41, 5.74) is 0. The Morgan fingerprint density at radius 2 is 1.14 bits per heavy atom. The van der Waals surface area contributed by atoms with Crippen LogP contribution in [0.2, 0.25) is 0 Å². The van der Waals surface area contributed by atoms with Gasteiger partial charge in [-0.2, -0.15) is 17.6 Å². The van der Waals surface area contributed by atoms with Crippen LogP contribution in [-0.4, -0.2) is 11.8 Å². The molecule has 0 saturated heterocycles. The lowest BCUT2D eigenvalue weighted by atomic mass is 10.1. The predicted molar refractivity (Wildman–Crippen MR) is 42.6 cm³/mol. The molecule has 0 saturated carbocycles. The minimum atomic E-state index is -4.88. The zero-order chi connectivity index (χ0) is 11.3. The van der Waals surface area contributed by atoms with Crippen LogP contribution in [0.4, 0.5) is 22.0 Å². The molecule has 0 amide bonds. The lowest BCUT2D eigenvalue weighted by molar-refractivity contribution is -0.155. The van der Waals surface area contributed by atoms with Crippen LogP contribution in [0.15, 0.2) is 20.9 Å². The molecule has 0 aliphatic heterocycles. The Bertz CT molecular complexity index is 309. The van der Waals surface area contributed by atoms with E-state index in [1.54, 1.807) is 0 Å². The maximum absolute atomic E-state index is 12.7. The number of rotatable bonds is 0. The normalized spacial score (nSPS) is 25.7. The van der Waals surface area contributed by atoms with Crippen LogP contribution in [-0.2, 0) is 0 Å². The van der Waals surface area contributed by atoms with E-state index < -0.39 is 32.8 Å². The molecule has 1 aliphatic carbocycles. The standard InChI is InChI=1S/C6Cl3F5/c7-1-2(10)4(9)6(13,14)5(11,12)3(1)8. The van der Waals surface area contributed by atoms with Crippen molar-refractivity contribution in [2.75, 3.05) is 0 Å². The Morgan fingerprint density at radius 3 is 1.57 bits per heavy atom. The average Bonchev–Trinajstić information content (AvgIpc) is 2.10. The van der Waals surface area contributed by atoms with E-state index in [0.717, 1.165) is 0 Å². The molecule has 0 unspecified atom stereocenters. The highest BCUT2D eigenvalue weighted by molar-refractivity contribution is 6.43. The zero-order valence-electron chi connectivity index (χ0n) is 6.02. The fourth-order valence-corrected chi connectivity index (χ4v) is 1.42. The molecule has 80 valence electrons. The van der Waals surface area contributed by atoms with Crippen molar-refractivity contribution in [3.05, 3.63) is 20.9 Å². The van der Waals surface area contributed by atoms with Crippen LogP contribution < -0.4 is 0 Å². The van der Waals surface area contributed by atoms with Gasteiger partial charge in [-0.3, -0.25) is 0 Å². The van der Waals surface area contributed by atoms with Gasteiger partial charge in [0.15, 0.2) is 5.83 Å². The van der Waals surface area contributed by atoms with Crippen LogP contribution in [0, 0.1) is 0 Å². The molecule has 8 heteroatoms. The molecule has 0 fully saturated rings. The quantitative estimate of drug-likeness (QED) is 0.575. The SMILES string of the molecule is FC1=C(Cl)C(F)(F)C(F)(F)C(Cl)=C1Cl. The van der Waals surface area contributed by atoms with Crippen LogP contribution in [0.25, 0.3) is 0 Å². The van der Waals surface area contributed by atoms with Gasteiger partial charge in [0, 0.05) is 0 Å². The van der Waals surface area contributed by atoms with Crippen molar-refractivity contribution < 1.29 is 22.0 Å². The van der Waals surface area contributed by atoms with Gasteiger partial charge in [-0.1, -0.05) is 34.8 Å². The molecule has 1 rings (SSSR count). The lowest BCUT2D eigenvalue weighted by Gasteiger charge is -2.29. The first-order valence-corrected chi connectivity index (χ1v) is 4.15. The molecule has 0 bridgehead atoms. The van der Waals surface area contributed by atoms with E-state index in [1.807, 2.05) is 0 Å². The maximum Gasteiger partial charge on any atom is 0.353 e. The summed E-state index contributed by atoms with van der Waals surface area (Å²) in [6.45, 7) is 0. The zero-order valence-corrected chi connectivity index (χ0v) is 8.29. The Labute approximate surface area is 89.9 Å². The number of alkyl halides is 4. The van der Waals surface area contributed by atoms with Gasteiger partial charge in [-0.15, -0.1) is 0 Å². The first kappa shape index (κ1) is 12.1. The molecular formula is C6Cl3F5. The van der Waals surface area contributed by atoms with Crippen molar-refractivity contribution in [1.29, 1.82) is 0 Å². The molecule has 0 aromatic rings. The average molecular weight is 273 g/mol. The van der Waals surface area contributed by atoms with E-state index >= 15 is 0 Å². The van der Waals surface area contributed by atoms with Gasteiger partial charge in [-0.05, 0) is 0 Å². The predicted octanol–water partition coefficient (Wildman–Crippen LogP) is 4.38. The second-order valence-electron chi connectivity index (χ2n) is 2.40. The highest BCUT2D eigenvalue weighted by atomic mass is 35.5. The third-order valence-corrected chi connectivity index (χ3v) is 2.81. The van der Waals surface area contributed by atoms with Gasteiger partial charge < -0.3 is 0 Å². The van der Waals surface area contributed by atoms with Gasteiger partial charge in [0.05, 0.1) is 5.03 Å². The first-order valence-electron chi connectivity index (χ1n) is 3.01. The topological polar surface area (TPSA) is 0 Å². The van der Waals surface area contributed by atoms with Gasteiger partial charge in [0.2, 0.25) is 0 Å². The van der Waals surface area contributed by atoms with E-state index in [4.69, 9.17) is 34.8 Å². The molecule has 14 heavy (non-hydrogen) atoms. The van der Waals surface area contributed by atoms with Crippen molar-refractivity contribution in [2.24, 2.45) is 0 Å². The molecular weight excluding hydrogens is 273 g/mol. The second kappa shape index (κ2) is 3.25. The molecule has 0 heterocycles. The lowest BCUT2D eigenvalue weighted by Crippen LogP contribution is -2.44. The Morgan fingerprint density at radius 1 is 0.786 bits per heavy atom. The summed E-state index contributed by atoms with van der Waals surface area (Å²) < 4.78 is 63.6. The van der Waals surface area contributed by atoms with E-state index in [2.05, 4.69) is 0 Å². The summed E-state index contributed by atoms with van der Waals surface area (Å²) in [6, 6.07) is 0. The highest BCUT2D eigenvalue weighted by Crippen LogP contribution is 2.54. The minimum absolute atomic E-state index is 1.30. The second-order valence-corrected chi connectivity index (χ2v) is 3.54. The van der Waals surface area contributed by atoms with Crippen LogP contribution >= 0.6 is 34.8 Å². The number of hydrogen-bond acceptors (Lipinski definition) is 0. The van der Waals surface area contributed by atoms with Gasteiger partial charge in [-0.25, -0.2) is 4.39 Å². The summed E-state index contributed by atoms with van der Waals surface area (Å²) in [4.78, 5) is 0. The molecule has 1 aliphatic rings. The van der Waals surface area contributed by atoms with E-state index in [1.165, 1.54) is 0 Å². The maximum atomic E-state index is 12.7. The molecule has 0 atom stereocenters. The number of allylic oxidation sites excluding steroid dienone is 4. The van der Waals surface area contributed by atoms with Crippen molar-refractivity contribution in [2.45, 2.75) is 11.8 Å². The third kappa shape index (κ3) is 1.33. The van der Waals surface area contributed by atoms with E-state index in [9.17, 15) is 22.0 Å². The Hall–Kier alpha value is -0.000000000000000111. The Balaban J connectivity index is 3.48. The Kier molecular flexibility index (Phi) is 2.80. The number of halogens is 8. The van der Waals surface area contributed by atoms with Gasteiger partial charge in [0.1, 0.15) is 10.1 Å². The van der Waals surface area contributed by atoms with Crippen LogP contribution in [0.5, 0.6) is 0 Å². The summed E-state index contributed by atoms with van der Waals surface area (Å²) in [5.74, 6) is -11.5. The van der Waals surface area contributed by atoms with Crippen molar-refractivity contribution >= 4 is 34.8 Å². The van der Waals surface area contributed by atoms with E-state index in [-0.39, 0.29) is 0 Å². The molecule has 0 aromatic carbocycles. The van der Waals surface area contributed by atoms with E-state index in [0.29, 0.717) is 0 Å². The summed E-state index contributed by atoms with van der Waals surface area (Å²) in [6.07, 6.45) is 0. The smallest absolute Gasteiger partial charge is 0.204 e. The molecule has 0 radical (unpaired) electrons. The van der Waals surface area contributed by atoms with Gasteiger partial charge >= 0.3 is 11.8 Å². The van der Waals surface area contributed by atoms with Crippen molar-refractivity contribution in [3.63, 3.8) is 0 Å². The van der Waals surface area contributed by atoms with Crippen molar-refractivity contribution in [3.8, 4) is 0 Å².